The Hall–Kier alpha value is -0.820. The van der Waals surface area contributed by atoms with Gasteiger partial charge in [-0.2, -0.15) is 13.2 Å². The number of hydrogen-bond acceptors (Lipinski definition) is 3. The minimum absolute atomic E-state index is 0.751. The molecule has 0 bridgehead atoms. The number of aliphatic hydroxyl groups excluding tert-OH is 2. The van der Waals surface area contributed by atoms with Crippen molar-refractivity contribution in [1.29, 1.82) is 0 Å². The molecule has 0 spiro atoms. The second-order valence-corrected chi connectivity index (χ2v) is 2.50. The summed E-state index contributed by atoms with van der Waals surface area (Å²) in [7, 11) is 0. The Morgan fingerprint density at radius 3 is 2.23 bits per heavy atom. The predicted octanol–water partition coefficient (Wildman–Crippen LogP) is -0.593. The number of carbonyl (C=O) groups is 1. The van der Waals surface area contributed by atoms with Gasteiger partial charge in [-0.05, 0) is 6.92 Å². The van der Waals surface area contributed by atoms with Crippen LogP contribution in [0.3, 0.4) is 0 Å². The highest BCUT2D eigenvalue weighted by Crippen LogP contribution is 2.14. The lowest BCUT2D eigenvalue weighted by atomic mass is 10.2. The molecule has 0 aromatic heterocycles. The van der Waals surface area contributed by atoms with E-state index in [2.05, 4.69) is 0 Å². The van der Waals surface area contributed by atoms with Gasteiger partial charge >= 0.3 is 12.1 Å². The van der Waals surface area contributed by atoms with Crippen LogP contribution in [0.4, 0.5) is 13.2 Å². The minimum Gasteiger partial charge on any atom is -0.394 e. The maximum absolute atomic E-state index is 11.6. The molecule has 0 fully saturated rings. The van der Waals surface area contributed by atoms with Crippen molar-refractivity contribution >= 4 is 5.91 Å². The Labute approximate surface area is 72.4 Å². The summed E-state index contributed by atoms with van der Waals surface area (Å²) < 4.78 is 34.9. The van der Waals surface area contributed by atoms with Gasteiger partial charge in [0, 0.05) is 0 Å². The standard InChI is InChI=1S/C6H10F3NO3/c1-3(12)4(2-11)10-5(13)6(7,8)9/h3-4,11-12H,2H2,1H3,(H,10,13)/t3-,4-/m0/s1. The lowest BCUT2D eigenvalue weighted by Gasteiger charge is -2.19. The van der Waals surface area contributed by atoms with Crippen LogP contribution >= 0.6 is 0 Å². The molecule has 0 saturated carbocycles. The zero-order valence-electron chi connectivity index (χ0n) is 6.80. The van der Waals surface area contributed by atoms with Gasteiger partial charge in [0.25, 0.3) is 0 Å². The van der Waals surface area contributed by atoms with Crippen LogP contribution in [0.5, 0.6) is 0 Å². The average Bonchev–Trinajstić information content (AvgIpc) is 1.96. The fourth-order valence-corrected chi connectivity index (χ4v) is 0.569. The van der Waals surface area contributed by atoms with Gasteiger partial charge in [0.1, 0.15) is 0 Å². The van der Waals surface area contributed by atoms with Crippen molar-refractivity contribution in [3.63, 3.8) is 0 Å². The molecule has 7 heteroatoms. The number of carbonyl (C=O) groups excluding carboxylic acids is 1. The van der Waals surface area contributed by atoms with E-state index in [9.17, 15) is 18.0 Å². The Morgan fingerprint density at radius 1 is 1.54 bits per heavy atom. The molecule has 3 N–H and O–H groups in total. The molecule has 0 heterocycles. The summed E-state index contributed by atoms with van der Waals surface area (Å²) in [6.07, 6.45) is -6.24. The molecule has 4 nitrogen and oxygen atoms in total. The van der Waals surface area contributed by atoms with E-state index in [1.165, 1.54) is 5.32 Å². The molecule has 0 rings (SSSR count). The lowest BCUT2D eigenvalue weighted by molar-refractivity contribution is -0.175. The van der Waals surface area contributed by atoms with Gasteiger partial charge in [-0.1, -0.05) is 0 Å². The third-order valence-electron chi connectivity index (χ3n) is 1.35. The molecule has 2 atom stereocenters. The van der Waals surface area contributed by atoms with Crippen LogP contribution in [0.25, 0.3) is 0 Å². The molecular formula is C6H10F3NO3. The summed E-state index contributed by atoms with van der Waals surface area (Å²) in [5.74, 6) is -2.17. The van der Waals surface area contributed by atoms with Gasteiger partial charge in [-0.15, -0.1) is 0 Å². The predicted molar refractivity (Wildman–Crippen MR) is 36.8 cm³/mol. The number of amides is 1. The quantitative estimate of drug-likeness (QED) is 0.571. The molecule has 0 radical (unpaired) electrons. The summed E-state index contributed by atoms with van der Waals surface area (Å²) in [6, 6.07) is -1.30. The molecule has 0 unspecified atom stereocenters. The van der Waals surface area contributed by atoms with Crippen molar-refractivity contribution < 1.29 is 28.2 Å². The molecule has 0 aliphatic heterocycles. The van der Waals surface area contributed by atoms with Crippen molar-refractivity contribution in [2.75, 3.05) is 6.61 Å². The fourth-order valence-electron chi connectivity index (χ4n) is 0.569. The van der Waals surface area contributed by atoms with E-state index < -0.39 is 30.8 Å². The van der Waals surface area contributed by atoms with Crippen molar-refractivity contribution in [3.8, 4) is 0 Å². The molecular weight excluding hydrogens is 191 g/mol. The first kappa shape index (κ1) is 12.2. The summed E-state index contributed by atoms with van der Waals surface area (Å²) in [5, 5.41) is 18.7. The van der Waals surface area contributed by atoms with E-state index >= 15 is 0 Å². The van der Waals surface area contributed by atoms with Gasteiger partial charge in [-0.3, -0.25) is 4.79 Å². The Balaban J connectivity index is 4.18. The topological polar surface area (TPSA) is 69.6 Å². The van der Waals surface area contributed by atoms with E-state index in [4.69, 9.17) is 10.2 Å². The number of alkyl halides is 3. The second kappa shape index (κ2) is 4.43. The van der Waals surface area contributed by atoms with E-state index in [-0.39, 0.29) is 0 Å². The lowest BCUT2D eigenvalue weighted by Crippen LogP contribution is -2.49. The monoisotopic (exact) mass is 201 g/mol. The zero-order chi connectivity index (χ0) is 10.6. The Morgan fingerprint density at radius 2 is 2.00 bits per heavy atom. The minimum atomic E-state index is -5.00. The highest BCUT2D eigenvalue weighted by Gasteiger charge is 2.40. The zero-order valence-corrected chi connectivity index (χ0v) is 6.80. The number of hydrogen-bond donors (Lipinski definition) is 3. The third kappa shape index (κ3) is 4.09. The van der Waals surface area contributed by atoms with E-state index in [0.717, 1.165) is 6.92 Å². The van der Waals surface area contributed by atoms with Crippen molar-refractivity contribution in [1.82, 2.24) is 5.32 Å². The Kier molecular flexibility index (Phi) is 4.15. The molecule has 0 saturated heterocycles. The van der Waals surface area contributed by atoms with Crippen molar-refractivity contribution in [2.24, 2.45) is 0 Å². The fraction of sp³-hybridized carbons (Fsp3) is 0.833. The first-order chi connectivity index (χ1) is 5.79. The third-order valence-corrected chi connectivity index (χ3v) is 1.35. The molecule has 13 heavy (non-hydrogen) atoms. The number of halogens is 3. The Bertz CT molecular complexity index is 180. The summed E-state index contributed by atoms with van der Waals surface area (Å²) in [4.78, 5) is 10.3. The van der Waals surface area contributed by atoms with Gasteiger partial charge in [0.2, 0.25) is 0 Å². The molecule has 0 aromatic rings. The van der Waals surface area contributed by atoms with Gasteiger partial charge in [0.05, 0.1) is 18.8 Å². The average molecular weight is 201 g/mol. The van der Waals surface area contributed by atoms with E-state index in [1.54, 1.807) is 0 Å². The van der Waals surface area contributed by atoms with Crippen LogP contribution in [-0.4, -0.2) is 41.0 Å². The number of rotatable bonds is 3. The SMILES string of the molecule is C[C@H](O)[C@H](CO)NC(=O)C(F)(F)F. The largest absolute Gasteiger partial charge is 0.471 e. The molecule has 0 aliphatic carbocycles. The van der Waals surface area contributed by atoms with Crippen LogP contribution in [0.15, 0.2) is 0 Å². The molecule has 1 amide bonds. The number of aliphatic hydroxyl groups is 2. The van der Waals surface area contributed by atoms with Gasteiger partial charge < -0.3 is 15.5 Å². The second-order valence-electron chi connectivity index (χ2n) is 2.50. The summed E-state index contributed by atoms with van der Waals surface area (Å²) in [5.41, 5.74) is 0. The van der Waals surface area contributed by atoms with Crippen LogP contribution in [0, 0.1) is 0 Å². The number of nitrogens with one attached hydrogen (secondary N) is 1. The highest BCUT2D eigenvalue weighted by atomic mass is 19.4. The smallest absolute Gasteiger partial charge is 0.394 e. The maximum atomic E-state index is 11.6. The van der Waals surface area contributed by atoms with Crippen molar-refractivity contribution in [3.05, 3.63) is 0 Å². The van der Waals surface area contributed by atoms with E-state index in [0.29, 0.717) is 0 Å². The summed E-state index contributed by atoms with van der Waals surface area (Å²) >= 11 is 0. The highest BCUT2D eigenvalue weighted by molar-refractivity contribution is 5.81. The molecule has 0 aromatic carbocycles. The molecule has 0 aliphatic rings. The van der Waals surface area contributed by atoms with Crippen LogP contribution in [0.2, 0.25) is 0 Å². The molecule has 78 valence electrons. The maximum Gasteiger partial charge on any atom is 0.471 e. The van der Waals surface area contributed by atoms with Crippen LogP contribution in [-0.2, 0) is 4.79 Å². The van der Waals surface area contributed by atoms with Crippen LogP contribution < -0.4 is 5.32 Å². The summed E-state index contributed by atoms with van der Waals surface area (Å²) in [6.45, 7) is 0.414. The first-order valence-electron chi connectivity index (χ1n) is 3.45. The van der Waals surface area contributed by atoms with Crippen LogP contribution in [0.1, 0.15) is 6.92 Å². The van der Waals surface area contributed by atoms with E-state index in [1.807, 2.05) is 0 Å². The normalized spacial score (nSPS) is 16.5. The van der Waals surface area contributed by atoms with Crippen molar-refractivity contribution in [2.45, 2.75) is 25.2 Å². The van der Waals surface area contributed by atoms with Gasteiger partial charge in [-0.25, -0.2) is 0 Å². The van der Waals surface area contributed by atoms with Gasteiger partial charge in [0.15, 0.2) is 0 Å². The first-order valence-corrected chi connectivity index (χ1v) is 3.45.